The molecule has 0 radical (unpaired) electrons. The Bertz CT molecular complexity index is 440. The molecule has 1 aromatic heterocycles. The molecule has 0 aliphatic carbocycles. The summed E-state index contributed by atoms with van der Waals surface area (Å²) in [4.78, 5) is 4.11. The van der Waals surface area contributed by atoms with Gasteiger partial charge < -0.3 is 0 Å². The molecule has 1 nitrogen and oxygen atoms in total. The van der Waals surface area contributed by atoms with Crippen molar-refractivity contribution in [3.05, 3.63) is 54.1 Å². The Hall–Kier alpha value is -0.440. The first kappa shape index (κ1) is 12.6. The molecule has 0 atom stereocenters. The van der Waals surface area contributed by atoms with Gasteiger partial charge in [0.05, 0.1) is 0 Å². The van der Waals surface area contributed by atoms with Gasteiger partial charge in [-0.3, -0.25) is 4.98 Å². The second-order valence-corrected chi connectivity index (χ2v) is 3.19. The molecule has 0 amide bonds. The van der Waals surface area contributed by atoms with Crippen LogP contribution in [0, 0.1) is 50.5 Å². The van der Waals surface area contributed by atoms with E-state index in [4.69, 9.17) is 0 Å². The zero-order chi connectivity index (χ0) is 9.97. The van der Waals surface area contributed by atoms with Crippen molar-refractivity contribution >= 4 is 0 Å². The number of hydrogen-bond donors (Lipinski definition) is 0. The van der Waals surface area contributed by atoms with E-state index in [-0.39, 0.29) is 43.6 Å². The molecule has 78 valence electrons. The molecular formula is C12H10ArFN. The summed E-state index contributed by atoms with van der Waals surface area (Å²) < 4.78 is 12.7. The van der Waals surface area contributed by atoms with Crippen LogP contribution in [0.15, 0.2) is 42.6 Å². The predicted molar refractivity (Wildman–Crippen MR) is 54.4 cm³/mol. The third-order valence-corrected chi connectivity index (χ3v) is 2.07. The van der Waals surface area contributed by atoms with E-state index in [0.717, 1.165) is 16.8 Å². The Morgan fingerprint density at radius 3 is 2.27 bits per heavy atom. The Kier molecular flexibility index (Phi) is 4.71. The van der Waals surface area contributed by atoms with E-state index < -0.39 is 0 Å². The summed E-state index contributed by atoms with van der Waals surface area (Å²) in [7, 11) is 0. The van der Waals surface area contributed by atoms with Crippen LogP contribution in [0.5, 0.6) is 0 Å². The molecule has 15 heavy (non-hydrogen) atoms. The van der Waals surface area contributed by atoms with Crippen LogP contribution >= 0.6 is 0 Å². The number of benzene rings is 1. The molecule has 0 saturated heterocycles. The van der Waals surface area contributed by atoms with Crippen LogP contribution in [0.3, 0.4) is 0 Å². The monoisotopic (exact) mass is 227 g/mol. The average Bonchev–Trinajstić information content (AvgIpc) is 2.19. The van der Waals surface area contributed by atoms with Crippen molar-refractivity contribution in [2.45, 2.75) is 6.92 Å². The van der Waals surface area contributed by atoms with Gasteiger partial charge in [-0.1, -0.05) is 12.1 Å². The minimum atomic E-state index is -0.209. The smallest absolute Gasteiger partial charge is 0.123 e. The summed E-state index contributed by atoms with van der Waals surface area (Å²) in [6.07, 6.45) is 1.76. The summed E-state index contributed by atoms with van der Waals surface area (Å²) in [5.74, 6) is -0.209. The number of rotatable bonds is 1. The van der Waals surface area contributed by atoms with Gasteiger partial charge in [0.2, 0.25) is 0 Å². The van der Waals surface area contributed by atoms with Gasteiger partial charge in [0.15, 0.2) is 0 Å². The van der Waals surface area contributed by atoms with Gasteiger partial charge in [0.1, 0.15) is 5.82 Å². The average molecular weight is 227 g/mol. The summed E-state index contributed by atoms with van der Waals surface area (Å²) in [5, 5.41) is 0. The number of aromatic nitrogens is 1. The molecule has 1 aromatic carbocycles. The van der Waals surface area contributed by atoms with E-state index in [1.54, 1.807) is 18.3 Å². The van der Waals surface area contributed by atoms with E-state index in [1.807, 2.05) is 19.1 Å². The number of halogens is 1. The first-order chi connectivity index (χ1) is 6.75. The fourth-order valence-corrected chi connectivity index (χ4v) is 1.37. The molecular weight excluding hydrogens is 217 g/mol. The summed E-state index contributed by atoms with van der Waals surface area (Å²) in [5.41, 5.74) is 3.04. The summed E-state index contributed by atoms with van der Waals surface area (Å²) in [6.45, 7) is 1.94. The number of nitrogens with zero attached hydrogens (tertiary/aromatic N) is 1. The van der Waals surface area contributed by atoms with Crippen molar-refractivity contribution in [3.63, 3.8) is 0 Å². The van der Waals surface area contributed by atoms with E-state index in [2.05, 4.69) is 4.98 Å². The molecule has 0 aliphatic heterocycles. The van der Waals surface area contributed by atoms with Crippen LogP contribution in [0.2, 0.25) is 0 Å². The second-order valence-electron chi connectivity index (χ2n) is 3.19. The van der Waals surface area contributed by atoms with Crippen molar-refractivity contribution in [2.24, 2.45) is 0 Å². The van der Waals surface area contributed by atoms with Crippen LogP contribution in [-0.4, -0.2) is 4.98 Å². The van der Waals surface area contributed by atoms with Crippen molar-refractivity contribution in [2.75, 3.05) is 0 Å². The molecule has 0 bridgehead atoms. The maximum absolute atomic E-state index is 12.7. The SMILES string of the molecule is Cc1cc(-c2ccc(F)cc2)ccn1.[Ar]. The van der Waals surface area contributed by atoms with Gasteiger partial charge in [-0.05, 0) is 42.3 Å². The Morgan fingerprint density at radius 2 is 1.67 bits per heavy atom. The zero-order valence-corrected chi connectivity index (χ0v) is 8.93. The molecule has 1 heterocycles. The second kappa shape index (κ2) is 5.59. The molecule has 0 fully saturated rings. The van der Waals surface area contributed by atoms with E-state index in [0.29, 0.717) is 0 Å². The van der Waals surface area contributed by atoms with Gasteiger partial charge in [-0.25, -0.2) is 4.39 Å². The van der Waals surface area contributed by atoms with Crippen LogP contribution in [0.4, 0.5) is 4.39 Å². The van der Waals surface area contributed by atoms with Gasteiger partial charge >= 0.3 is 0 Å². The molecule has 0 N–H and O–H groups in total. The van der Waals surface area contributed by atoms with Gasteiger partial charge in [-0.2, -0.15) is 0 Å². The van der Waals surface area contributed by atoms with E-state index in [1.165, 1.54) is 12.1 Å². The standard InChI is InChI=1S/C12H10FN.Ar/c1-9-8-11(6-7-14-9)10-2-4-12(13)5-3-10;/h2-8H,1H3;. The van der Waals surface area contributed by atoms with E-state index in [9.17, 15) is 4.39 Å². The minimum absolute atomic E-state index is 0. The number of aryl methyl sites for hydroxylation is 1. The zero-order valence-electron chi connectivity index (χ0n) is 8.22. The van der Waals surface area contributed by atoms with Crippen molar-refractivity contribution in [1.82, 2.24) is 4.98 Å². The Balaban J connectivity index is 0.00000112. The largest absolute Gasteiger partial charge is 0.262 e. The fraction of sp³-hybridized carbons (Fsp3) is 0.0833. The quantitative estimate of drug-likeness (QED) is 0.729. The molecule has 3 heteroatoms. The summed E-state index contributed by atoms with van der Waals surface area (Å²) in [6, 6.07) is 10.4. The third kappa shape index (κ3) is 3.26. The van der Waals surface area contributed by atoms with Gasteiger partial charge in [0, 0.05) is 49.6 Å². The number of pyridine rings is 1. The van der Waals surface area contributed by atoms with Crippen LogP contribution in [0.25, 0.3) is 11.1 Å². The Labute approximate surface area is 118 Å². The fourth-order valence-electron chi connectivity index (χ4n) is 1.37. The normalized spacial score (nSPS) is 9.47. The maximum Gasteiger partial charge on any atom is 0.123 e. The molecule has 0 saturated carbocycles. The molecule has 0 aliphatic rings. The third-order valence-electron chi connectivity index (χ3n) is 2.07. The molecule has 2 aromatic rings. The van der Waals surface area contributed by atoms with Gasteiger partial charge in [0.25, 0.3) is 0 Å². The molecule has 0 spiro atoms. The first-order valence-electron chi connectivity index (χ1n) is 4.44. The topological polar surface area (TPSA) is 12.9 Å². The van der Waals surface area contributed by atoms with Crippen LogP contribution in [-0.2, 0) is 0 Å². The molecule has 2 rings (SSSR count). The van der Waals surface area contributed by atoms with Gasteiger partial charge in [-0.15, -0.1) is 0 Å². The first-order valence-corrected chi connectivity index (χ1v) is 4.44. The van der Waals surface area contributed by atoms with Crippen molar-refractivity contribution < 1.29 is 42.1 Å². The van der Waals surface area contributed by atoms with E-state index >= 15 is 0 Å². The van der Waals surface area contributed by atoms with Crippen LogP contribution < -0.4 is 0 Å². The maximum atomic E-state index is 12.7. The number of hydrogen-bond acceptors (Lipinski definition) is 1. The van der Waals surface area contributed by atoms with Crippen molar-refractivity contribution in [1.29, 1.82) is 0 Å². The van der Waals surface area contributed by atoms with Crippen molar-refractivity contribution in [3.8, 4) is 11.1 Å². The molecule has 0 unspecified atom stereocenters. The van der Waals surface area contributed by atoms with Crippen LogP contribution in [0.1, 0.15) is 5.69 Å². The minimum Gasteiger partial charge on any atom is -0.262 e. The Morgan fingerprint density at radius 1 is 1.00 bits per heavy atom. The predicted octanol–water partition coefficient (Wildman–Crippen LogP) is 3.20. The summed E-state index contributed by atoms with van der Waals surface area (Å²) >= 11 is 0.